The lowest BCUT2D eigenvalue weighted by molar-refractivity contribution is -0.133. The first kappa shape index (κ1) is 28.8. The number of hydrogen-bond donors (Lipinski definition) is 4. The number of aromatic hydroxyl groups is 1. The highest BCUT2D eigenvalue weighted by Crippen LogP contribution is 2.25. The van der Waals surface area contributed by atoms with Crippen molar-refractivity contribution in [2.24, 2.45) is 0 Å². The van der Waals surface area contributed by atoms with Crippen LogP contribution in [-0.2, 0) is 17.6 Å². The molecule has 210 valence electrons. The molecule has 0 spiro atoms. The molecule has 39 heavy (non-hydrogen) atoms. The van der Waals surface area contributed by atoms with E-state index in [1.54, 1.807) is 12.1 Å². The molecule has 0 saturated heterocycles. The van der Waals surface area contributed by atoms with Crippen molar-refractivity contribution in [1.82, 2.24) is 20.5 Å². The fraction of sp³-hybridized carbons (Fsp3) is 0.500. The number of aromatic amines is 1. The Balaban J connectivity index is 1.25. The Bertz CT molecular complexity index is 1260. The SMILES string of the molecule is Cc1cccc(CCNCCC(=O)N(CCNCCc2ccc(O)c3[nH]c(=O)ccc23)C2CCCCCC2)c1. The van der Waals surface area contributed by atoms with Gasteiger partial charge in [0, 0.05) is 43.5 Å². The Kier molecular flexibility index (Phi) is 11.0. The molecule has 1 aliphatic rings. The van der Waals surface area contributed by atoms with Gasteiger partial charge in [-0.05, 0) is 69.0 Å². The van der Waals surface area contributed by atoms with Crippen molar-refractivity contribution in [3.63, 3.8) is 0 Å². The number of rotatable bonds is 13. The maximum Gasteiger partial charge on any atom is 0.248 e. The van der Waals surface area contributed by atoms with Gasteiger partial charge in [-0.1, -0.05) is 61.6 Å². The molecule has 4 N–H and O–H groups in total. The van der Waals surface area contributed by atoms with Crippen molar-refractivity contribution >= 4 is 16.8 Å². The highest BCUT2D eigenvalue weighted by molar-refractivity contribution is 5.87. The predicted molar refractivity (Wildman–Crippen MR) is 158 cm³/mol. The molecule has 4 rings (SSSR count). The number of carbonyl (C=O) groups excluding carboxylic acids is 1. The van der Waals surface area contributed by atoms with Gasteiger partial charge in [0.25, 0.3) is 0 Å². The van der Waals surface area contributed by atoms with Gasteiger partial charge in [0.15, 0.2) is 0 Å². The number of aromatic nitrogens is 1. The summed E-state index contributed by atoms with van der Waals surface area (Å²) < 4.78 is 0. The van der Waals surface area contributed by atoms with E-state index in [2.05, 4.69) is 51.7 Å². The second-order valence-electron chi connectivity index (χ2n) is 10.8. The Labute approximate surface area is 232 Å². The van der Waals surface area contributed by atoms with E-state index in [0.29, 0.717) is 24.5 Å². The number of H-pyrrole nitrogens is 1. The molecule has 1 fully saturated rings. The third kappa shape index (κ3) is 8.67. The molecular formula is C32H44N4O3. The number of amides is 1. The molecule has 1 heterocycles. The number of hydrogen-bond acceptors (Lipinski definition) is 5. The van der Waals surface area contributed by atoms with Crippen LogP contribution in [0.5, 0.6) is 5.75 Å². The summed E-state index contributed by atoms with van der Waals surface area (Å²) in [5.74, 6) is 0.335. The van der Waals surface area contributed by atoms with Gasteiger partial charge >= 0.3 is 0 Å². The van der Waals surface area contributed by atoms with Gasteiger partial charge in [0.2, 0.25) is 11.5 Å². The fourth-order valence-electron chi connectivity index (χ4n) is 5.71. The van der Waals surface area contributed by atoms with E-state index in [1.165, 1.54) is 42.9 Å². The molecule has 0 atom stereocenters. The number of fused-ring (bicyclic) bond motifs is 1. The summed E-state index contributed by atoms with van der Waals surface area (Å²) in [7, 11) is 0. The van der Waals surface area contributed by atoms with Crippen molar-refractivity contribution in [3.05, 3.63) is 75.6 Å². The molecule has 0 aliphatic heterocycles. The lowest BCUT2D eigenvalue weighted by Crippen LogP contribution is -2.45. The van der Waals surface area contributed by atoms with Crippen LogP contribution >= 0.6 is 0 Å². The van der Waals surface area contributed by atoms with Crippen LogP contribution in [0, 0.1) is 6.92 Å². The second-order valence-corrected chi connectivity index (χ2v) is 10.8. The monoisotopic (exact) mass is 532 g/mol. The average Bonchev–Trinajstić information content (AvgIpc) is 3.21. The summed E-state index contributed by atoms with van der Waals surface area (Å²) in [5.41, 5.74) is 3.94. The zero-order valence-corrected chi connectivity index (χ0v) is 23.3. The van der Waals surface area contributed by atoms with Gasteiger partial charge in [-0.25, -0.2) is 0 Å². The molecule has 7 heteroatoms. The minimum atomic E-state index is -0.224. The smallest absolute Gasteiger partial charge is 0.248 e. The van der Waals surface area contributed by atoms with Crippen LogP contribution < -0.4 is 16.2 Å². The fourth-order valence-corrected chi connectivity index (χ4v) is 5.71. The molecule has 0 bridgehead atoms. The Hall–Kier alpha value is -3.16. The minimum Gasteiger partial charge on any atom is -0.506 e. The van der Waals surface area contributed by atoms with Crippen molar-refractivity contribution in [3.8, 4) is 5.75 Å². The van der Waals surface area contributed by atoms with E-state index in [-0.39, 0.29) is 17.2 Å². The number of aryl methyl sites for hydroxylation is 1. The Morgan fingerprint density at radius 3 is 2.51 bits per heavy atom. The summed E-state index contributed by atoms with van der Waals surface area (Å²) >= 11 is 0. The van der Waals surface area contributed by atoms with E-state index in [4.69, 9.17) is 0 Å². The number of nitrogens with zero attached hydrogens (tertiary/aromatic N) is 1. The molecule has 1 aliphatic carbocycles. The van der Waals surface area contributed by atoms with Gasteiger partial charge in [-0.2, -0.15) is 0 Å². The van der Waals surface area contributed by atoms with Gasteiger partial charge < -0.3 is 25.6 Å². The quantitative estimate of drug-likeness (QED) is 0.193. The van der Waals surface area contributed by atoms with Crippen LogP contribution in [0.4, 0.5) is 0 Å². The minimum absolute atomic E-state index is 0.0848. The number of nitrogens with one attached hydrogen (secondary N) is 3. The topological polar surface area (TPSA) is 97.5 Å². The van der Waals surface area contributed by atoms with Crippen molar-refractivity contribution in [1.29, 1.82) is 0 Å². The molecule has 2 aromatic carbocycles. The number of benzene rings is 2. The Morgan fingerprint density at radius 1 is 0.949 bits per heavy atom. The lowest BCUT2D eigenvalue weighted by atomic mass is 10.0. The van der Waals surface area contributed by atoms with E-state index in [9.17, 15) is 14.7 Å². The summed E-state index contributed by atoms with van der Waals surface area (Å²) in [6.45, 7) is 5.92. The van der Waals surface area contributed by atoms with E-state index in [0.717, 1.165) is 62.8 Å². The van der Waals surface area contributed by atoms with Crippen molar-refractivity contribution in [2.45, 2.75) is 70.8 Å². The van der Waals surface area contributed by atoms with Gasteiger partial charge in [0.05, 0.1) is 5.52 Å². The predicted octanol–water partition coefficient (Wildman–Crippen LogP) is 4.45. The zero-order chi connectivity index (χ0) is 27.5. The van der Waals surface area contributed by atoms with Crippen molar-refractivity contribution in [2.75, 3.05) is 32.7 Å². The van der Waals surface area contributed by atoms with Crippen LogP contribution in [-0.4, -0.2) is 59.7 Å². The molecule has 0 unspecified atom stereocenters. The molecule has 0 radical (unpaired) electrons. The van der Waals surface area contributed by atoms with E-state index >= 15 is 0 Å². The van der Waals surface area contributed by atoms with Crippen LogP contribution in [0.25, 0.3) is 10.9 Å². The third-order valence-corrected chi connectivity index (χ3v) is 7.84. The largest absolute Gasteiger partial charge is 0.506 e. The van der Waals surface area contributed by atoms with Gasteiger partial charge in [-0.3, -0.25) is 9.59 Å². The summed E-state index contributed by atoms with van der Waals surface area (Å²) in [4.78, 5) is 29.9. The zero-order valence-electron chi connectivity index (χ0n) is 23.3. The number of phenolic OH excluding ortho intramolecular Hbond substituents is 1. The number of phenols is 1. The van der Waals surface area contributed by atoms with Gasteiger partial charge in [0.1, 0.15) is 5.75 Å². The van der Waals surface area contributed by atoms with Crippen LogP contribution in [0.15, 0.2) is 53.3 Å². The Morgan fingerprint density at radius 2 is 1.72 bits per heavy atom. The van der Waals surface area contributed by atoms with E-state index < -0.39 is 0 Å². The summed E-state index contributed by atoms with van der Waals surface area (Å²) in [6, 6.07) is 15.7. The highest BCUT2D eigenvalue weighted by atomic mass is 16.3. The third-order valence-electron chi connectivity index (χ3n) is 7.84. The van der Waals surface area contributed by atoms with Crippen molar-refractivity contribution < 1.29 is 9.90 Å². The first-order valence-electron chi connectivity index (χ1n) is 14.6. The first-order valence-corrected chi connectivity index (χ1v) is 14.6. The number of pyridine rings is 1. The highest BCUT2D eigenvalue weighted by Gasteiger charge is 2.24. The molecule has 1 aromatic heterocycles. The molecule has 3 aromatic rings. The maximum atomic E-state index is 13.3. The summed E-state index contributed by atoms with van der Waals surface area (Å²) in [5, 5.41) is 18.0. The standard InChI is InChI=1S/C32H44N4O3/c1-24-7-6-8-25(23-24)15-18-33-20-17-31(39)36(27-9-4-2-3-5-10-27)22-21-34-19-16-26-11-13-29(37)32-28(26)12-14-30(38)35-32/h6-8,11-14,23,27,33-34,37H,2-5,9-10,15-22H2,1H3,(H,35,38). The van der Waals surface area contributed by atoms with Crippen LogP contribution in [0.1, 0.15) is 61.6 Å². The first-order chi connectivity index (χ1) is 19.0. The maximum absolute atomic E-state index is 13.3. The molecular weight excluding hydrogens is 488 g/mol. The average molecular weight is 533 g/mol. The number of carbonyl (C=O) groups is 1. The summed E-state index contributed by atoms with van der Waals surface area (Å²) in [6.07, 6.45) is 9.41. The van der Waals surface area contributed by atoms with Gasteiger partial charge in [-0.15, -0.1) is 0 Å². The van der Waals surface area contributed by atoms with Crippen LogP contribution in [0.3, 0.4) is 0 Å². The second kappa shape index (κ2) is 14.8. The molecule has 1 saturated carbocycles. The lowest BCUT2D eigenvalue weighted by Gasteiger charge is -2.32. The van der Waals surface area contributed by atoms with Crippen LogP contribution in [0.2, 0.25) is 0 Å². The normalized spacial score (nSPS) is 14.4. The molecule has 7 nitrogen and oxygen atoms in total. The van der Waals surface area contributed by atoms with E-state index in [1.807, 2.05) is 6.07 Å². The molecule has 1 amide bonds.